The molecule has 1 fully saturated rings. The normalized spacial score (nSPS) is 24.0. The predicted molar refractivity (Wildman–Crippen MR) is 74.6 cm³/mol. The second-order valence-electron chi connectivity index (χ2n) is 5.50. The van der Waals surface area contributed by atoms with Crippen molar-refractivity contribution in [1.29, 1.82) is 0 Å². The Morgan fingerprint density at radius 3 is 2.58 bits per heavy atom. The Balaban J connectivity index is 1.95. The van der Waals surface area contributed by atoms with E-state index in [0.29, 0.717) is 12.1 Å². The molecule has 0 radical (unpaired) electrons. The maximum atomic E-state index is 5.99. The molecule has 0 atom stereocenters. The van der Waals surface area contributed by atoms with Gasteiger partial charge < -0.3 is 10.3 Å². The summed E-state index contributed by atoms with van der Waals surface area (Å²) < 4.78 is 5.19. The molecular formula is C14H26N4O. The van der Waals surface area contributed by atoms with Crippen LogP contribution in [0.15, 0.2) is 4.52 Å². The highest BCUT2D eigenvalue weighted by atomic mass is 16.5. The van der Waals surface area contributed by atoms with Gasteiger partial charge in [0.25, 0.3) is 0 Å². The largest absolute Gasteiger partial charge is 0.339 e. The zero-order chi connectivity index (χ0) is 13.7. The van der Waals surface area contributed by atoms with Crippen molar-refractivity contribution in [3.63, 3.8) is 0 Å². The van der Waals surface area contributed by atoms with Crippen LogP contribution in [0.2, 0.25) is 0 Å². The van der Waals surface area contributed by atoms with E-state index >= 15 is 0 Å². The van der Waals surface area contributed by atoms with Crippen LogP contribution < -0.4 is 5.73 Å². The first-order valence-electron chi connectivity index (χ1n) is 7.54. The van der Waals surface area contributed by atoms with Crippen molar-refractivity contribution in [3.05, 3.63) is 11.7 Å². The molecular weight excluding hydrogens is 240 g/mol. The molecule has 0 amide bonds. The van der Waals surface area contributed by atoms with Gasteiger partial charge in [-0.3, -0.25) is 4.90 Å². The minimum atomic E-state index is 0.400. The van der Waals surface area contributed by atoms with Crippen molar-refractivity contribution in [3.8, 4) is 0 Å². The van der Waals surface area contributed by atoms with Gasteiger partial charge in [-0.15, -0.1) is 0 Å². The Hall–Kier alpha value is -0.940. The smallest absolute Gasteiger partial charge is 0.226 e. The fourth-order valence-corrected chi connectivity index (χ4v) is 2.82. The molecule has 5 nitrogen and oxygen atoms in total. The fourth-order valence-electron chi connectivity index (χ4n) is 2.82. The van der Waals surface area contributed by atoms with E-state index in [2.05, 4.69) is 22.0 Å². The maximum Gasteiger partial charge on any atom is 0.226 e. The summed E-state index contributed by atoms with van der Waals surface area (Å²) in [5.41, 5.74) is 5.99. The van der Waals surface area contributed by atoms with Gasteiger partial charge in [0, 0.05) is 18.5 Å². The van der Waals surface area contributed by atoms with Crippen LogP contribution in [0.3, 0.4) is 0 Å². The zero-order valence-corrected chi connectivity index (χ0v) is 12.1. The minimum Gasteiger partial charge on any atom is -0.339 e. The van der Waals surface area contributed by atoms with E-state index in [4.69, 9.17) is 10.3 Å². The number of rotatable bonds is 6. The highest BCUT2D eigenvalue weighted by Crippen LogP contribution is 2.23. The van der Waals surface area contributed by atoms with Gasteiger partial charge >= 0.3 is 0 Å². The van der Waals surface area contributed by atoms with Crippen LogP contribution in [0.25, 0.3) is 0 Å². The number of hydrogen-bond donors (Lipinski definition) is 1. The Bertz CT molecular complexity index is 371. The van der Waals surface area contributed by atoms with Crippen molar-refractivity contribution in [2.75, 3.05) is 6.54 Å². The topological polar surface area (TPSA) is 68.2 Å². The summed E-state index contributed by atoms with van der Waals surface area (Å²) in [5, 5.41) is 4.07. The van der Waals surface area contributed by atoms with Crippen molar-refractivity contribution in [2.45, 2.75) is 71.0 Å². The molecule has 1 aromatic heterocycles. The monoisotopic (exact) mass is 266 g/mol. The van der Waals surface area contributed by atoms with E-state index in [1.54, 1.807) is 0 Å². The SMILES string of the molecule is CCCN(Cc1noc(CC)n1)C1CCC(N)CC1. The van der Waals surface area contributed by atoms with Crippen LogP contribution in [-0.4, -0.2) is 33.7 Å². The zero-order valence-electron chi connectivity index (χ0n) is 12.1. The average molecular weight is 266 g/mol. The molecule has 0 spiro atoms. The second kappa shape index (κ2) is 7.01. The molecule has 19 heavy (non-hydrogen) atoms. The molecule has 1 heterocycles. The van der Waals surface area contributed by atoms with E-state index in [-0.39, 0.29) is 0 Å². The third-order valence-corrected chi connectivity index (χ3v) is 3.93. The number of aryl methyl sites for hydroxylation is 1. The summed E-state index contributed by atoms with van der Waals surface area (Å²) in [6.07, 6.45) is 6.62. The first kappa shape index (κ1) is 14.5. The van der Waals surface area contributed by atoms with Gasteiger partial charge in [-0.25, -0.2) is 0 Å². The molecule has 0 bridgehead atoms. The number of nitrogens with two attached hydrogens (primary N) is 1. The maximum absolute atomic E-state index is 5.99. The van der Waals surface area contributed by atoms with Crippen molar-refractivity contribution >= 4 is 0 Å². The van der Waals surface area contributed by atoms with Crippen LogP contribution in [-0.2, 0) is 13.0 Å². The summed E-state index contributed by atoms with van der Waals surface area (Å²) in [4.78, 5) is 6.91. The molecule has 0 aliphatic heterocycles. The van der Waals surface area contributed by atoms with Gasteiger partial charge in [-0.2, -0.15) is 4.98 Å². The molecule has 1 aliphatic rings. The Morgan fingerprint density at radius 2 is 2.00 bits per heavy atom. The van der Waals surface area contributed by atoms with E-state index in [0.717, 1.165) is 50.5 Å². The van der Waals surface area contributed by atoms with Crippen LogP contribution in [0, 0.1) is 0 Å². The lowest BCUT2D eigenvalue weighted by Gasteiger charge is -2.35. The highest BCUT2D eigenvalue weighted by molar-refractivity contribution is 4.89. The van der Waals surface area contributed by atoms with E-state index in [9.17, 15) is 0 Å². The van der Waals surface area contributed by atoms with Gasteiger partial charge in [0.2, 0.25) is 5.89 Å². The van der Waals surface area contributed by atoms with Crippen LogP contribution in [0.4, 0.5) is 0 Å². The molecule has 2 rings (SSSR count). The van der Waals surface area contributed by atoms with Crippen LogP contribution >= 0.6 is 0 Å². The lowest BCUT2D eigenvalue weighted by Crippen LogP contribution is -2.41. The number of hydrogen-bond acceptors (Lipinski definition) is 5. The summed E-state index contributed by atoms with van der Waals surface area (Å²) in [5.74, 6) is 1.55. The third kappa shape index (κ3) is 4.01. The standard InChI is InChI=1S/C14H26N4O/c1-3-9-18(12-7-5-11(15)6-8-12)10-13-16-14(4-2)19-17-13/h11-12H,3-10,15H2,1-2H3. The van der Waals surface area contributed by atoms with Gasteiger partial charge in [0.1, 0.15) is 0 Å². The predicted octanol–water partition coefficient (Wildman–Crippen LogP) is 2.11. The van der Waals surface area contributed by atoms with Gasteiger partial charge in [0.05, 0.1) is 6.54 Å². The Morgan fingerprint density at radius 1 is 1.26 bits per heavy atom. The summed E-state index contributed by atoms with van der Waals surface area (Å²) in [7, 11) is 0. The van der Waals surface area contributed by atoms with E-state index < -0.39 is 0 Å². The molecule has 1 aromatic rings. The molecule has 0 aromatic carbocycles. The Labute approximate surface area is 115 Å². The lowest BCUT2D eigenvalue weighted by atomic mass is 9.90. The molecule has 0 unspecified atom stereocenters. The van der Waals surface area contributed by atoms with Gasteiger partial charge in [-0.05, 0) is 38.6 Å². The number of aromatic nitrogens is 2. The molecule has 2 N–H and O–H groups in total. The molecule has 108 valence electrons. The molecule has 1 saturated carbocycles. The van der Waals surface area contributed by atoms with Crippen LogP contribution in [0.1, 0.15) is 57.7 Å². The summed E-state index contributed by atoms with van der Waals surface area (Å²) in [6.45, 7) is 6.14. The summed E-state index contributed by atoms with van der Waals surface area (Å²) >= 11 is 0. The quantitative estimate of drug-likeness (QED) is 0.854. The van der Waals surface area contributed by atoms with Crippen molar-refractivity contribution < 1.29 is 4.52 Å². The van der Waals surface area contributed by atoms with Crippen molar-refractivity contribution in [2.24, 2.45) is 5.73 Å². The van der Waals surface area contributed by atoms with Crippen molar-refractivity contribution in [1.82, 2.24) is 15.0 Å². The minimum absolute atomic E-state index is 0.400. The first-order valence-corrected chi connectivity index (χ1v) is 7.54. The van der Waals surface area contributed by atoms with E-state index in [1.165, 1.54) is 12.8 Å². The molecule has 0 saturated heterocycles. The first-order chi connectivity index (χ1) is 9.22. The Kier molecular flexibility index (Phi) is 5.34. The van der Waals surface area contributed by atoms with E-state index in [1.807, 2.05) is 6.92 Å². The third-order valence-electron chi connectivity index (χ3n) is 3.93. The summed E-state index contributed by atoms with van der Waals surface area (Å²) in [6, 6.07) is 1.03. The van der Waals surface area contributed by atoms with Crippen LogP contribution in [0.5, 0.6) is 0 Å². The molecule has 1 aliphatic carbocycles. The average Bonchev–Trinajstić information content (AvgIpc) is 2.87. The number of nitrogens with zero attached hydrogens (tertiary/aromatic N) is 3. The van der Waals surface area contributed by atoms with Gasteiger partial charge in [0.15, 0.2) is 5.82 Å². The fraction of sp³-hybridized carbons (Fsp3) is 0.857. The lowest BCUT2D eigenvalue weighted by molar-refractivity contribution is 0.137. The molecule has 5 heteroatoms. The van der Waals surface area contributed by atoms with Gasteiger partial charge in [-0.1, -0.05) is 19.0 Å². The highest BCUT2D eigenvalue weighted by Gasteiger charge is 2.24. The second-order valence-corrected chi connectivity index (χ2v) is 5.50.